The highest BCUT2D eigenvalue weighted by Gasteiger charge is 2.24. The molecule has 0 aliphatic heterocycles. The van der Waals surface area contributed by atoms with Crippen LogP contribution in [0.5, 0.6) is 0 Å². The molecule has 0 aliphatic rings. The van der Waals surface area contributed by atoms with Crippen molar-refractivity contribution in [2.45, 2.75) is 19.9 Å². The van der Waals surface area contributed by atoms with Gasteiger partial charge in [0.25, 0.3) is 5.91 Å². The molecule has 0 saturated carbocycles. The molecule has 1 atom stereocenters. The van der Waals surface area contributed by atoms with Crippen LogP contribution in [0.25, 0.3) is 11.3 Å². The van der Waals surface area contributed by atoms with Crippen LogP contribution in [-0.2, 0) is 4.79 Å². The number of aromatic amines is 1. The van der Waals surface area contributed by atoms with Crippen LogP contribution in [0.2, 0.25) is 0 Å². The number of hydrogen-bond donors (Lipinski definition) is 3. The van der Waals surface area contributed by atoms with Crippen LogP contribution >= 0.6 is 0 Å². The first-order chi connectivity index (χ1) is 9.99. The molecule has 0 bridgehead atoms. The zero-order valence-corrected chi connectivity index (χ0v) is 12.0. The topological polar surface area (TPSA) is 82.2 Å². The Kier molecular flexibility index (Phi) is 4.42. The summed E-state index contributed by atoms with van der Waals surface area (Å²) in [6, 6.07) is 12.2. The van der Waals surface area contributed by atoms with Crippen LogP contribution in [0.15, 0.2) is 42.5 Å². The molecule has 0 fully saturated rings. The molecular formula is C16H18N2O3. The number of aromatic nitrogens is 1. The molecule has 0 radical (unpaired) electrons. The lowest BCUT2D eigenvalue weighted by atomic mass is 10.0. The zero-order chi connectivity index (χ0) is 15.4. The average Bonchev–Trinajstić information content (AvgIpc) is 2.94. The maximum Gasteiger partial charge on any atom is 0.326 e. The third kappa shape index (κ3) is 3.51. The number of rotatable bonds is 5. The van der Waals surface area contributed by atoms with Crippen LogP contribution in [-0.4, -0.2) is 28.0 Å². The largest absolute Gasteiger partial charge is 0.480 e. The lowest BCUT2D eigenvalue weighted by Gasteiger charge is -2.17. The summed E-state index contributed by atoms with van der Waals surface area (Å²) >= 11 is 0. The predicted molar refractivity (Wildman–Crippen MR) is 80.0 cm³/mol. The Morgan fingerprint density at radius 3 is 2.33 bits per heavy atom. The molecule has 0 saturated heterocycles. The Balaban J connectivity index is 2.14. The minimum Gasteiger partial charge on any atom is -0.480 e. The van der Waals surface area contributed by atoms with Crippen LogP contribution < -0.4 is 5.32 Å². The zero-order valence-electron chi connectivity index (χ0n) is 12.0. The fourth-order valence-corrected chi connectivity index (χ4v) is 2.05. The smallest absolute Gasteiger partial charge is 0.326 e. The van der Waals surface area contributed by atoms with Gasteiger partial charge in [0.1, 0.15) is 11.7 Å². The van der Waals surface area contributed by atoms with E-state index in [2.05, 4.69) is 10.3 Å². The van der Waals surface area contributed by atoms with Crippen molar-refractivity contribution >= 4 is 11.9 Å². The molecule has 110 valence electrons. The average molecular weight is 286 g/mol. The summed E-state index contributed by atoms with van der Waals surface area (Å²) in [6.45, 7) is 3.51. The third-order valence-corrected chi connectivity index (χ3v) is 3.23. The van der Waals surface area contributed by atoms with Gasteiger partial charge in [-0.3, -0.25) is 4.79 Å². The first kappa shape index (κ1) is 14.8. The molecule has 1 aromatic carbocycles. The molecule has 0 aliphatic carbocycles. The summed E-state index contributed by atoms with van der Waals surface area (Å²) in [5.41, 5.74) is 2.13. The number of carbonyl (C=O) groups excluding carboxylic acids is 1. The van der Waals surface area contributed by atoms with Crippen molar-refractivity contribution in [3.05, 3.63) is 48.2 Å². The molecule has 1 unspecified atom stereocenters. The van der Waals surface area contributed by atoms with Crippen molar-refractivity contribution in [3.8, 4) is 11.3 Å². The lowest BCUT2D eigenvalue weighted by Crippen LogP contribution is -2.44. The monoisotopic (exact) mass is 286 g/mol. The highest BCUT2D eigenvalue weighted by atomic mass is 16.4. The van der Waals surface area contributed by atoms with Crippen LogP contribution in [0.1, 0.15) is 24.3 Å². The number of benzene rings is 1. The van der Waals surface area contributed by atoms with E-state index in [-0.39, 0.29) is 5.92 Å². The number of hydrogen-bond acceptors (Lipinski definition) is 2. The van der Waals surface area contributed by atoms with Crippen molar-refractivity contribution in [1.29, 1.82) is 0 Å². The van der Waals surface area contributed by atoms with Crippen molar-refractivity contribution in [1.82, 2.24) is 10.3 Å². The Morgan fingerprint density at radius 1 is 1.10 bits per heavy atom. The summed E-state index contributed by atoms with van der Waals surface area (Å²) in [6.07, 6.45) is 0. The Hall–Kier alpha value is -2.56. The standard InChI is InChI=1S/C16H18N2O3/c1-10(2)14(16(20)21)18-15(19)13-9-8-12(17-13)11-6-4-3-5-7-11/h3-10,14,17H,1-2H3,(H,18,19)(H,20,21). The van der Waals surface area contributed by atoms with Crippen LogP contribution in [0, 0.1) is 5.92 Å². The van der Waals surface area contributed by atoms with Gasteiger partial charge in [-0.25, -0.2) is 4.79 Å². The first-order valence-electron chi connectivity index (χ1n) is 6.77. The highest BCUT2D eigenvalue weighted by Crippen LogP contribution is 2.18. The second kappa shape index (κ2) is 6.26. The third-order valence-electron chi connectivity index (χ3n) is 3.23. The van der Waals surface area contributed by atoms with Gasteiger partial charge in [-0.1, -0.05) is 44.2 Å². The van der Waals surface area contributed by atoms with E-state index in [1.807, 2.05) is 30.3 Å². The van der Waals surface area contributed by atoms with Gasteiger partial charge in [-0.2, -0.15) is 0 Å². The molecule has 5 heteroatoms. The fraction of sp³-hybridized carbons (Fsp3) is 0.250. The van der Waals surface area contributed by atoms with E-state index in [1.165, 1.54) is 0 Å². The van der Waals surface area contributed by atoms with Gasteiger partial charge < -0.3 is 15.4 Å². The van der Waals surface area contributed by atoms with Crippen molar-refractivity contribution < 1.29 is 14.7 Å². The summed E-state index contributed by atoms with van der Waals surface area (Å²) in [7, 11) is 0. The fourth-order valence-electron chi connectivity index (χ4n) is 2.05. The number of carboxylic acids is 1. The number of carbonyl (C=O) groups is 2. The summed E-state index contributed by atoms with van der Waals surface area (Å²) < 4.78 is 0. The SMILES string of the molecule is CC(C)C(NC(=O)c1ccc(-c2ccccc2)[nH]1)C(=O)O. The molecule has 1 amide bonds. The van der Waals surface area contributed by atoms with Crippen molar-refractivity contribution in [3.63, 3.8) is 0 Å². The van der Waals surface area contributed by atoms with E-state index < -0.39 is 17.9 Å². The second-order valence-electron chi connectivity index (χ2n) is 5.19. The van der Waals surface area contributed by atoms with E-state index in [9.17, 15) is 9.59 Å². The molecule has 2 aromatic rings. The predicted octanol–water partition coefficient (Wildman–Crippen LogP) is 2.52. The maximum atomic E-state index is 12.1. The van der Waals surface area contributed by atoms with E-state index in [0.29, 0.717) is 5.69 Å². The Labute approximate surface area is 123 Å². The molecule has 3 N–H and O–H groups in total. The van der Waals surface area contributed by atoms with E-state index >= 15 is 0 Å². The Bertz CT molecular complexity index is 632. The van der Waals surface area contributed by atoms with Gasteiger partial charge in [0.15, 0.2) is 0 Å². The number of H-pyrrole nitrogens is 1. The van der Waals surface area contributed by atoms with Gasteiger partial charge >= 0.3 is 5.97 Å². The summed E-state index contributed by atoms with van der Waals surface area (Å²) in [5.74, 6) is -1.64. The molecule has 2 rings (SSSR count). The van der Waals surface area contributed by atoms with E-state index in [4.69, 9.17) is 5.11 Å². The quantitative estimate of drug-likeness (QED) is 0.790. The molecular weight excluding hydrogens is 268 g/mol. The van der Waals surface area contributed by atoms with Gasteiger partial charge in [0.2, 0.25) is 0 Å². The molecule has 1 heterocycles. The lowest BCUT2D eigenvalue weighted by molar-refractivity contribution is -0.140. The normalized spacial score (nSPS) is 12.1. The van der Waals surface area contributed by atoms with Gasteiger partial charge in [-0.15, -0.1) is 0 Å². The first-order valence-corrected chi connectivity index (χ1v) is 6.77. The summed E-state index contributed by atoms with van der Waals surface area (Å²) in [5, 5.41) is 11.6. The molecule has 1 aromatic heterocycles. The molecule has 5 nitrogen and oxygen atoms in total. The molecule has 21 heavy (non-hydrogen) atoms. The maximum absolute atomic E-state index is 12.1. The molecule has 0 spiro atoms. The minimum absolute atomic E-state index is 0.185. The number of amides is 1. The second-order valence-corrected chi connectivity index (χ2v) is 5.19. The van der Waals surface area contributed by atoms with Gasteiger partial charge in [-0.05, 0) is 23.6 Å². The van der Waals surface area contributed by atoms with Gasteiger partial charge in [0, 0.05) is 5.69 Å². The van der Waals surface area contributed by atoms with Crippen molar-refractivity contribution in [2.24, 2.45) is 5.92 Å². The highest BCUT2D eigenvalue weighted by molar-refractivity contribution is 5.95. The summed E-state index contributed by atoms with van der Waals surface area (Å²) in [4.78, 5) is 26.2. The van der Waals surface area contributed by atoms with Crippen LogP contribution in [0.4, 0.5) is 0 Å². The van der Waals surface area contributed by atoms with E-state index in [0.717, 1.165) is 11.3 Å². The minimum atomic E-state index is -1.03. The van der Waals surface area contributed by atoms with Crippen molar-refractivity contribution in [2.75, 3.05) is 0 Å². The number of carboxylic acid groups (broad SMARTS) is 1. The Morgan fingerprint density at radius 2 is 1.76 bits per heavy atom. The number of nitrogens with one attached hydrogen (secondary N) is 2. The number of aliphatic carboxylic acids is 1. The van der Waals surface area contributed by atoms with Gasteiger partial charge in [0.05, 0.1) is 0 Å². The van der Waals surface area contributed by atoms with E-state index in [1.54, 1.807) is 26.0 Å². The van der Waals surface area contributed by atoms with Crippen LogP contribution in [0.3, 0.4) is 0 Å².